The maximum atomic E-state index is 12.8. The minimum absolute atomic E-state index is 0.133. The fourth-order valence-corrected chi connectivity index (χ4v) is 3.37. The van der Waals surface area contributed by atoms with Crippen LogP contribution in [0.1, 0.15) is 46.3 Å². The van der Waals surface area contributed by atoms with E-state index in [2.05, 4.69) is 25.3 Å². The van der Waals surface area contributed by atoms with Crippen LogP contribution in [-0.2, 0) is 12.8 Å². The van der Waals surface area contributed by atoms with Crippen LogP contribution in [0.5, 0.6) is 0 Å². The molecule has 8 heteroatoms. The molecular formula is C16H17N7O. The van der Waals surface area contributed by atoms with Gasteiger partial charge in [-0.05, 0) is 30.9 Å². The molecular weight excluding hydrogens is 306 g/mol. The van der Waals surface area contributed by atoms with E-state index in [1.165, 1.54) is 34.3 Å². The summed E-state index contributed by atoms with van der Waals surface area (Å²) in [4.78, 5) is 22.9. The van der Waals surface area contributed by atoms with E-state index in [1.807, 2.05) is 4.90 Å². The van der Waals surface area contributed by atoms with Crippen LogP contribution in [-0.4, -0.2) is 53.7 Å². The van der Waals surface area contributed by atoms with Crippen molar-refractivity contribution in [3.05, 3.63) is 41.2 Å². The van der Waals surface area contributed by atoms with Gasteiger partial charge in [-0.2, -0.15) is 10.1 Å². The summed E-state index contributed by atoms with van der Waals surface area (Å²) >= 11 is 0. The highest BCUT2D eigenvalue weighted by atomic mass is 16.2. The minimum atomic E-state index is -0.133. The number of aromatic amines is 1. The number of nitrogens with one attached hydrogen (secondary N) is 1. The highest BCUT2D eigenvalue weighted by Gasteiger charge is 2.32. The quantitative estimate of drug-likeness (QED) is 0.758. The van der Waals surface area contributed by atoms with E-state index >= 15 is 0 Å². The Morgan fingerprint density at radius 3 is 2.96 bits per heavy atom. The molecule has 1 aliphatic heterocycles. The monoisotopic (exact) mass is 323 g/mol. The van der Waals surface area contributed by atoms with Crippen molar-refractivity contribution in [2.24, 2.45) is 0 Å². The van der Waals surface area contributed by atoms with E-state index in [-0.39, 0.29) is 11.7 Å². The van der Waals surface area contributed by atoms with Crippen LogP contribution in [0.2, 0.25) is 0 Å². The number of rotatable bonds is 2. The average molecular weight is 323 g/mol. The topological polar surface area (TPSA) is 92.1 Å². The van der Waals surface area contributed by atoms with E-state index in [9.17, 15) is 4.79 Å². The Morgan fingerprint density at radius 2 is 2.12 bits per heavy atom. The van der Waals surface area contributed by atoms with E-state index in [0.29, 0.717) is 24.8 Å². The predicted octanol–water partition coefficient (Wildman–Crippen LogP) is 0.966. The summed E-state index contributed by atoms with van der Waals surface area (Å²) < 4.78 is 1.53. The second-order valence-electron chi connectivity index (χ2n) is 6.43. The lowest BCUT2D eigenvalue weighted by Crippen LogP contribution is -2.34. The van der Waals surface area contributed by atoms with Gasteiger partial charge < -0.3 is 4.90 Å². The molecule has 0 aromatic carbocycles. The molecule has 4 heterocycles. The Balaban J connectivity index is 1.38. The zero-order chi connectivity index (χ0) is 16.1. The van der Waals surface area contributed by atoms with Gasteiger partial charge in [0.2, 0.25) is 5.82 Å². The van der Waals surface area contributed by atoms with Crippen molar-refractivity contribution in [2.45, 2.75) is 31.6 Å². The number of carbonyl (C=O) groups excluding carboxylic acids is 1. The van der Waals surface area contributed by atoms with Gasteiger partial charge in [0.05, 0.1) is 5.69 Å². The molecule has 0 radical (unpaired) electrons. The first-order chi connectivity index (χ1) is 11.8. The lowest BCUT2D eigenvalue weighted by molar-refractivity contribution is 0.0750. The molecule has 2 aliphatic rings. The van der Waals surface area contributed by atoms with E-state index in [4.69, 9.17) is 0 Å². The van der Waals surface area contributed by atoms with Gasteiger partial charge in [-0.25, -0.2) is 9.50 Å². The van der Waals surface area contributed by atoms with E-state index in [1.54, 1.807) is 18.5 Å². The first-order valence-electron chi connectivity index (χ1n) is 8.32. The number of fused-ring (bicyclic) bond motifs is 2. The average Bonchev–Trinajstić information content (AvgIpc) is 3.29. The van der Waals surface area contributed by atoms with Gasteiger partial charge in [0, 0.05) is 43.5 Å². The molecule has 122 valence electrons. The molecule has 1 fully saturated rings. The Morgan fingerprint density at radius 1 is 1.25 bits per heavy atom. The zero-order valence-electron chi connectivity index (χ0n) is 13.1. The molecule has 3 aromatic heterocycles. The van der Waals surface area contributed by atoms with E-state index in [0.717, 1.165) is 12.8 Å². The van der Waals surface area contributed by atoms with Gasteiger partial charge in [0.25, 0.3) is 11.7 Å². The predicted molar refractivity (Wildman–Crippen MR) is 84.7 cm³/mol. The van der Waals surface area contributed by atoms with Gasteiger partial charge >= 0.3 is 0 Å². The van der Waals surface area contributed by atoms with Crippen LogP contribution >= 0.6 is 0 Å². The third kappa shape index (κ3) is 2.17. The van der Waals surface area contributed by atoms with Crippen LogP contribution in [0, 0.1) is 0 Å². The molecule has 0 unspecified atom stereocenters. The zero-order valence-corrected chi connectivity index (χ0v) is 13.1. The maximum absolute atomic E-state index is 12.8. The van der Waals surface area contributed by atoms with Crippen LogP contribution in [0.15, 0.2) is 18.5 Å². The smallest absolute Gasteiger partial charge is 0.293 e. The van der Waals surface area contributed by atoms with Crippen molar-refractivity contribution in [2.75, 3.05) is 13.1 Å². The summed E-state index contributed by atoms with van der Waals surface area (Å²) in [5.41, 5.74) is 3.71. The molecule has 1 aliphatic carbocycles. The number of hydrogen-bond acceptors (Lipinski definition) is 5. The molecule has 1 saturated carbocycles. The van der Waals surface area contributed by atoms with Gasteiger partial charge in [-0.15, -0.1) is 5.10 Å². The Hall–Kier alpha value is -2.77. The summed E-state index contributed by atoms with van der Waals surface area (Å²) in [5.74, 6) is 1.14. The number of aromatic nitrogens is 6. The lowest BCUT2D eigenvalue weighted by atomic mass is 10.1. The fourth-order valence-electron chi connectivity index (χ4n) is 3.37. The summed E-state index contributed by atoms with van der Waals surface area (Å²) in [6.45, 7) is 1.33. The Kier molecular flexibility index (Phi) is 2.91. The molecule has 3 aromatic rings. The second-order valence-corrected chi connectivity index (χ2v) is 6.43. The van der Waals surface area contributed by atoms with Crippen molar-refractivity contribution in [3.8, 4) is 0 Å². The first kappa shape index (κ1) is 13.6. The number of amides is 1. The molecule has 0 atom stereocenters. The third-order valence-electron chi connectivity index (χ3n) is 4.81. The second kappa shape index (κ2) is 5.12. The molecule has 0 spiro atoms. The lowest BCUT2D eigenvalue weighted by Gasteiger charge is -2.18. The molecule has 1 amide bonds. The largest absolute Gasteiger partial charge is 0.335 e. The van der Waals surface area contributed by atoms with E-state index < -0.39 is 0 Å². The molecule has 24 heavy (non-hydrogen) atoms. The highest BCUT2D eigenvalue weighted by molar-refractivity contribution is 5.91. The Bertz CT molecular complexity index is 891. The minimum Gasteiger partial charge on any atom is -0.335 e. The molecule has 0 saturated heterocycles. The number of H-pyrrole nitrogens is 1. The van der Waals surface area contributed by atoms with Crippen molar-refractivity contribution in [1.82, 2.24) is 34.7 Å². The van der Waals surface area contributed by atoms with Crippen molar-refractivity contribution in [3.63, 3.8) is 0 Å². The molecule has 5 rings (SSSR count). The standard InChI is InChI=1S/C16H17N7O/c24-15(14-18-16-17-6-1-7-23(16)21-14)22-8-4-11-12(5-9-22)19-20-13(11)10-2-3-10/h1,6-7,10H,2-5,8-9H2,(H,19,20). The Labute approximate surface area is 137 Å². The first-order valence-corrected chi connectivity index (χ1v) is 8.32. The summed E-state index contributed by atoms with van der Waals surface area (Å²) in [7, 11) is 0. The molecule has 0 bridgehead atoms. The number of nitrogens with zero attached hydrogens (tertiary/aromatic N) is 6. The van der Waals surface area contributed by atoms with Crippen LogP contribution in [0.25, 0.3) is 5.78 Å². The van der Waals surface area contributed by atoms with Gasteiger partial charge in [0.15, 0.2) is 0 Å². The summed E-state index contributed by atoms with van der Waals surface area (Å²) in [6.07, 6.45) is 7.49. The van der Waals surface area contributed by atoms with Crippen molar-refractivity contribution >= 4 is 11.7 Å². The van der Waals surface area contributed by atoms with Crippen molar-refractivity contribution in [1.29, 1.82) is 0 Å². The fraction of sp³-hybridized carbons (Fsp3) is 0.438. The summed E-state index contributed by atoms with van der Waals surface area (Å²) in [6, 6.07) is 1.76. The van der Waals surface area contributed by atoms with Gasteiger partial charge in [-0.3, -0.25) is 9.89 Å². The third-order valence-corrected chi connectivity index (χ3v) is 4.81. The van der Waals surface area contributed by atoms with Crippen LogP contribution in [0.3, 0.4) is 0 Å². The van der Waals surface area contributed by atoms with Crippen LogP contribution < -0.4 is 0 Å². The normalized spacial score (nSPS) is 17.8. The maximum Gasteiger partial charge on any atom is 0.293 e. The SMILES string of the molecule is O=C(c1nc2ncccn2n1)N1CCc2[nH]nc(C3CC3)c2CC1. The highest BCUT2D eigenvalue weighted by Crippen LogP contribution is 2.41. The molecule has 1 N–H and O–H groups in total. The van der Waals surface area contributed by atoms with Crippen molar-refractivity contribution < 1.29 is 4.79 Å². The summed E-state index contributed by atoms with van der Waals surface area (Å²) in [5, 5.41) is 11.9. The number of carbonyl (C=O) groups is 1. The van der Waals surface area contributed by atoms with Crippen LogP contribution in [0.4, 0.5) is 0 Å². The molecule has 8 nitrogen and oxygen atoms in total. The number of hydrogen-bond donors (Lipinski definition) is 1. The van der Waals surface area contributed by atoms with Gasteiger partial charge in [0.1, 0.15) is 0 Å². The van der Waals surface area contributed by atoms with Gasteiger partial charge in [-0.1, -0.05) is 0 Å².